The number of aryl methyl sites for hydroxylation is 1. The Balaban J connectivity index is 1.85. The zero-order valence-corrected chi connectivity index (χ0v) is 14.3. The summed E-state index contributed by atoms with van der Waals surface area (Å²) in [5.41, 5.74) is 0.443. The van der Waals surface area contributed by atoms with E-state index in [9.17, 15) is 18.0 Å². The van der Waals surface area contributed by atoms with Gasteiger partial charge in [-0.15, -0.1) is 11.3 Å². The first-order valence-electron chi connectivity index (χ1n) is 7.42. The van der Waals surface area contributed by atoms with E-state index in [2.05, 4.69) is 22.1 Å². The summed E-state index contributed by atoms with van der Waals surface area (Å²) in [6.45, 7) is 1.85. The fourth-order valence-corrected chi connectivity index (χ4v) is 2.66. The molecule has 3 rings (SSSR count). The van der Waals surface area contributed by atoms with Gasteiger partial charge in [0.25, 0.3) is 5.91 Å². The van der Waals surface area contributed by atoms with Crippen LogP contribution in [0.5, 0.6) is 0 Å². The Bertz CT molecular complexity index is 1050. The zero-order valence-electron chi connectivity index (χ0n) is 13.4. The first-order chi connectivity index (χ1) is 12.4. The molecule has 0 unspecified atom stereocenters. The highest BCUT2D eigenvalue weighted by atomic mass is 32.1. The third-order valence-electron chi connectivity index (χ3n) is 3.34. The second-order valence-corrected chi connectivity index (χ2v) is 6.34. The number of carbonyl (C=O) groups excluding carboxylic acids is 1. The van der Waals surface area contributed by atoms with E-state index in [-0.39, 0.29) is 11.3 Å². The number of benzene rings is 2. The summed E-state index contributed by atoms with van der Waals surface area (Å²) in [6, 6.07) is 6.48. The minimum Gasteiger partial charge on any atom is -0.319 e. The van der Waals surface area contributed by atoms with Crippen molar-refractivity contribution in [2.75, 3.05) is 5.32 Å². The maximum atomic E-state index is 14.0. The molecule has 0 bridgehead atoms. The second kappa shape index (κ2) is 7.42. The number of aromatic nitrogens is 1. The van der Waals surface area contributed by atoms with Crippen molar-refractivity contribution in [3.8, 4) is 11.8 Å². The first kappa shape index (κ1) is 17.7. The first-order valence-corrected chi connectivity index (χ1v) is 8.30. The molecule has 0 saturated carbocycles. The van der Waals surface area contributed by atoms with E-state index >= 15 is 0 Å². The van der Waals surface area contributed by atoms with Gasteiger partial charge in [-0.25, -0.2) is 18.2 Å². The predicted molar refractivity (Wildman–Crippen MR) is 93.5 cm³/mol. The number of nitrogens with one attached hydrogen (secondary N) is 1. The molecule has 2 aromatic carbocycles. The van der Waals surface area contributed by atoms with Gasteiger partial charge in [0.15, 0.2) is 0 Å². The Hall–Kier alpha value is -3.11. The van der Waals surface area contributed by atoms with Gasteiger partial charge in [0.2, 0.25) is 0 Å². The molecular weight excluding hydrogens is 361 g/mol. The quantitative estimate of drug-likeness (QED) is 0.672. The minimum absolute atomic E-state index is 0.245. The molecule has 0 aliphatic carbocycles. The monoisotopic (exact) mass is 372 g/mol. The van der Waals surface area contributed by atoms with Crippen molar-refractivity contribution in [3.05, 3.63) is 81.1 Å². The van der Waals surface area contributed by atoms with E-state index < -0.39 is 23.4 Å². The van der Waals surface area contributed by atoms with Crippen LogP contribution in [0.15, 0.2) is 41.8 Å². The lowest BCUT2D eigenvalue weighted by molar-refractivity contribution is 0.102. The number of hydrogen-bond donors (Lipinski definition) is 1. The van der Waals surface area contributed by atoms with Crippen molar-refractivity contribution in [1.29, 1.82) is 0 Å². The second-order valence-electron chi connectivity index (χ2n) is 5.27. The molecule has 0 fully saturated rings. The third-order valence-corrected chi connectivity index (χ3v) is 4.12. The van der Waals surface area contributed by atoms with Crippen LogP contribution < -0.4 is 5.32 Å². The molecule has 0 saturated heterocycles. The standard InChI is InChI=1S/C19H11F3N2OS/c1-11-23-14(10-26-11)5-2-12-3-6-16(21)15(8-12)19(25)24-18-7-4-13(20)9-17(18)22/h3-4,6-10H,1H3,(H,24,25). The van der Waals surface area contributed by atoms with Gasteiger partial charge < -0.3 is 5.32 Å². The van der Waals surface area contributed by atoms with Crippen LogP contribution in [0.3, 0.4) is 0 Å². The molecule has 130 valence electrons. The number of halogens is 3. The van der Waals surface area contributed by atoms with Gasteiger partial charge in [0, 0.05) is 17.0 Å². The number of thiazole rings is 1. The maximum absolute atomic E-state index is 14.0. The fraction of sp³-hybridized carbons (Fsp3) is 0.0526. The maximum Gasteiger partial charge on any atom is 0.258 e. The van der Waals surface area contributed by atoms with Crippen molar-refractivity contribution in [3.63, 3.8) is 0 Å². The molecule has 26 heavy (non-hydrogen) atoms. The summed E-state index contributed by atoms with van der Waals surface area (Å²) in [5, 5.41) is 4.88. The number of carbonyl (C=O) groups is 1. The van der Waals surface area contributed by atoms with Gasteiger partial charge in [-0.05, 0) is 43.2 Å². The topological polar surface area (TPSA) is 42.0 Å². The molecular formula is C19H11F3N2OS. The van der Waals surface area contributed by atoms with E-state index in [1.54, 1.807) is 5.38 Å². The molecule has 0 aliphatic heterocycles. The van der Waals surface area contributed by atoms with Crippen molar-refractivity contribution in [2.24, 2.45) is 0 Å². The molecule has 1 heterocycles. The van der Waals surface area contributed by atoms with Crippen LogP contribution in [0.2, 0.25) is 0 Å². The molecule has 0 spiro atoms. The van der Waals surface area contributed by atoms with Crippen LogP contribution in [-0.4, -0.2) is 10.9 Å². The highest BCUT2D eigenvalue weighted by Gasteiger charge is 2.14. The molecule has 3 nitrogen and oxygen atoms in total. The average molecular weight is 372 g/mol. The predicted octanol–water partition coefficient (Wildman–Crippen LogP) is 4.52. The van der Waals surface area contributed by atoms with Crippen molar-refractivity contribution >= 4 is 22.9 Å². The summed E-state index contributed by atoms with van der Waals surface area (Å²) < 4.78 is 40.5. The number of amides is 1. The zero-order chi connectivity index (χ0) is 18.7. The van der Waals surface area contributed by atoms with Crippen LogP contribution in [0, 0.1) is 36.2 Å². The van der Waals surface area contributed by atoms with Gasteiger partial charge >= 0.3 is 0 Å². The van der Waals surface area contributed by atoms with Gasteiger partial charge in [-0.1, -0.05) is 5.92 Å². The molecule has 0 aliphatic rings. The van der Waals surface area contributed by atoms with Crippen molar-refractivity contribution in [2.45, 2.75) is 6.92 Å². The minimum atomic E-state index is -0.950. The molecule has 3 aromatic rings. The van der Waals surface area contributed by atoms with E-state index in [0.717, 1.165) is 23.2 Å². The molecule has 0 atom stereocenters. The third kappa shape index (κ3) is 4.10. The lowest BCUT2D eigenvalue weighted by Crippen LogP contribution is -2.15. The van der Waals surface area contributed by atoms with E-state index in [1.165, 1.54) is 23.5 Å². The lowest BCUT2D eigenvalue weighted by atomic mass is 10.1. The molecule has 1 amide bonds. The van der Waals surface area contributed by atoms with Crippen LogP contribution in [-0.2, 0) is 0 Å². The Kier molecular flexibility index (Phi) is 5.05. The van der Waals surface area contributed by atoms with Crippen LogP contribution in [0.25, 0.3) is 0 Å². The average Bonchev–Trinajstić information content (AvgIpc) is 3.02. The highest BCUT2D eigenvalue weighted by Crippen LogP contribution is 2.18. The smallest absolute Gasteiger partial charge is 0.258 e. The summed E-state index contributed by atoms with van der Waals surface area (Å²) >= 11 is 1.45. The number of rotatable bonds is 2. The lowest BCUT2D eigenvalue weighted by Gasteiger charge is -2.07. The van der Waals surface area contributed by atoms with E-state index in [4.69, 9.17) is 0 Å². The molecule has 1 aromatic heterocycles. The Labute approximate surface area is 151 Å². The molecule has 0 radical (unpaired) electrons. The van der Waals surface area contributed by atoms with Crippen LogP contribution in [0.1, 0.15) is 26.6 Å². The van der Waals surface area contributed by atoms with Gasteiger partial charge in [-0.3, -0.25) is 4.79 Å². The molecule has 7 heteroatoms. The summed E-state index contributed by atoms with van der Waals surface area (Å²) in [6.07, 6.45) is 0. The summed E-state index contributed by atoms with van der Waals surface area (Å²) in [7, 11) is 0. The fourth-order valence-electron chi connectivity index (χ4n) is 2.11. The highest BCUT2D eigenvalue weighted by molar-refractivity contribution is 7.09. The Morgan fingerprint density at radius 1 is 1.08 bits per heavy atom. The van der Waals surface area contributed by atoms with E-state index in [0.29, 0.717) is 17.3 Å². The summed E-state index contributed by atoms with van der Waals surface area (Å²) in [4.78, 5) is 16.4. The SMILES string of the molecule is Cc1nc(C#Cc2ccc(F)c(C(=O)Nc3ccc(F)cc3F)c2)cs1. The molecule has 1 N–H and O–H groups in total. The largest absolute Gasteiger partial charge is 0.319 e. The number of hydrogen-bond acceptors (Lipinski definition) is 3. The van der Waals surface area contributed by atoms with Crippen molar-refractivity contribution in [1.82, 2.24) is 4.98 Å². The van der Waals surface area contributed by atoms with Crippen LogP contribution in [0.4, 0.5) is 18.9 Å². The number of anilines is 1. The number of nitrogens with zero attached hydrogens (tertiary/aromatic N) is 1. The Morgan fingerprint density at radius 2 is 1.88 bits per heavy atom. The van der Waals surface area contributed by atoms with Gasteiger partial charge in [-0.2, -0.15) is 0 Å². The van der Waals surface area contributed by atoms with Gasteiger partial charge in [0.05, 0.1) is 16.3 Å². The van der Waals surface area contributed by atoms with Crippen molar-refractivity contribution < 1.29 is 18.0 Å². The Morgan fingerprint density at radius 3 is 2.58 bits per heavy atom. The van der Waals surface area contributed by atoms with Gasteiger partial charge in [0.1, 0.15) is 23.1 Å². The normalized spacial score (nSPS) is 10.2. The summed E-state index contributed by atoms with van der Waals surface area (Å²) in [5.74, 6) is 2.26. The van der Waals surface area contributed by atoms with Crippen LogP contribution >= 0.6 is 11.3 Å². The van der Waals surface area contributed by atoms with E-state index in [1.807, 2.05) is 6.92 Å².